The van der Waals surface area contributed by atoms with Crippen molar-refractivity contribution in [2.75, 3.05) is 14.2 Å². The number of hydrogen-bond donors (Lipinski definition) is 0. The topological polar surface area (TPSA) is 65.7 Å². The van der Waals surface area contributed by atoms with Gasteiger partial charge in [-0.2, -0.15) is 9.50 Å². The summed E-state index contributed by atoms with van der Waals surface area (Å²) in [6, 6.07) is 12.6. The first kappa shape index (κ1) is 17.5. The fraction of sp³-hybridized carbons (Fsp3) is 0.105. The summed E-state index contributed by atoms with van der Waals surface area (Å²) in [5, 5.41) is 4.97. The van der Waals surface area contributed by atoms with E-state index in [4.69, 9.17) is 21.1 Å². The minimum atomic E-state index is -0.222. The highest BCUT2D eigenvalue weighted by molar-refractivity contribution is 7.15. The maximum absolute atomic E-state index is 12.7. The number of benzene rings is 2. The lowest BCUT2D eigenvalue weighted by Gasteiger charge is -2.06. The Labute approximate surface area is 163 Å². The van der Waals surface area contributed by atoms with Gasteiger partial charge in [0.15, 0.2) is 5.82 Å². The first-order chi connectivity index (χ1) is 13.1. The van der Waals surface area contributed by atoms with Crippen molar-refractivity contribution >= 4 is 34.0 Å². The molecule has 0 atom stereocenters. The Morgan fingerprint density at radius 3 is 2.56 bits per heavy atom. The van der Waals surface area contributed by atoms with Gasteiger partial charge in [0, 0.05) is 22.2 Å². The quantitative estimate of drug-likeness (QED) is 0.527. The Bertz CT molecular complexity index is 1230. The molecule has 0 saturated heterocycles. The van der Waals surface area contributed by atoms with E-state index in [9.17, 15) is 4.79 Å². The van der Waals surface area contributed by atoms with Crippen molar-refractivity contribution in [3.05, 3.63) is 67.9 Å². The van der Waals surface area contributed by atoms with E-state index in [1.54, 1.807) is 38.5 Å². The van der Waals surface area contributed by atoms with E-state index >= 15 is 0 Å². The normalized spacial score (nSPS) is 11.9. The van der Waals surface area contributed by atoms with Gasteiger partial charge in [-0.15, -0.1) is 5.10 Å². The number of thiazole rings is 1. The Balaban J connectivity index is 1.79. The summed E-state index contributed by atoms with van der Waals surface area (Å²) in [5.74, 6) is 1.79. The summed E-state index contributed by atoms with van der Waals surface area (Å²) >= 11 is 7.18. The van der Waals surface area contributed by atoms with E-state index in [0.29, 0.717) is 31.8 Å². The van der Waals surface area contributed by atoms with Crippen LogP contribution in [0.5, 0.6) is 11.5 Å². The molecule has 136 valence electrons. The molecule has 0 bridgehead atoms. The minimum absolute atomic E-state index is 0.222. The van der Waals surface area contributed by atoms with E-state index in [1.165, 1.54) is 15.9 Å². The molecule has 0 unspecified atom stereocenters. The number of nitrogens with zero attached hydrogens (tertiary/aromatic N) is 3. The molecule has 0 aliphatic heterocycles. The first-order valence-corrected chi connectivity index (χ1v) is 9.18. The van der Waals surface area contributed by atoms with Crippen molar-refractivity contribution in [2.45, 2.75) is 0 Å². The number of rotatable bonds is 4. The summed E-state index contributed by atoms with van der Waals surface area (Å²) in [7, 11) is 3.16. The number of fused-ring (bicyclic) bond motifs is 1. The van der Waals surface area contributed by atoms with Crippen molar-refractivity contribution in [1.82, 2.24) is 14.6 Å². The van der Waals surface area contributed by atoms with E-state index in [-0.39, 0.29) is 5.56 Å². The Hall–Kier alpha value is -2.90. The smallest absolute Gasteiger partial charge is 0.291 e. The average Bonchev–Trinajstić information content (AvgIpc) is 3.22. The average molecular weight is 400 g/mol. The molecule has 0 radical (unpaired) electrons. The van der Waals surface area contributed by atoms with Crippen LogP contribution in [0.15, 0.2) is 47.3 Å². The number of aromatic nitrogens is 3. The highest BCUT2D eigenvalue weighted by Crippen LogP contribution is 2.25. The molecule has 0 saturated carbocycles. The van der Waals surface area contributed by atoms with Crippen LogP contribution in [0, 0.1) is 0 Å². The molecule has 8 heteroatoms. The zero-order valence-electron chi connectivity index (χ0n) is 14.5. The molecular formula is C19H14ClN3O3S. The number of ether oxygens (including phenoxy) is 2. The summed E-state index contributed by atoms with van der Waals surface area (Å²) in [6.07, 6.45) is 1.77. The monoisotopic (exact) mass is 399 g/mol. The molecule has 2 heterocycles. The molecule has 0 fully saturated rings. The number of halogens is 1. The van der Waals surface area contributed by atoms with Crippen LogP contribution < -0.4 is 19.6 Å². The molecule has 0 N–H and O–H groups in total. The van der Waals surface area contributed by atoms with Crippen LogP contribution in [0.4, 0.5) is 0 Å². The largest absolute Gasteiger partial charge is 0.497 e. The third-order valence-electron chi connectivity index (χ3n) is 4.01. The van der Waals surface area contributed by atoms with Gasteiger partial charge < -0.3 is 9.47 Å². The fourth-order valence-corrected chi connectivity index (χ4v) is 3.66. The number of methoxy groups -OCH3 is 2. The van der Waals surface area contributed by atoms with Crippen LogP contribution in [0.2, 0.25) is 5.02 Å². The van der Waals surface area contributed by atoms with E-state index in [1.807, 2.05) is 24.3 Å². The van der Waals surface area contributed by atoms with Gasteiger partial charge in [0.05, 0.1) is 18.8 Å². The SMILES string of the molecule is COc1ccc(/C=c2\sc3nc(-c4ccc(Cl)cc4)nn3c2=O)c(OC)c1. The molecule has 0 aliphatic carbocycles. The van der Waals surface area contributed by atoms with Crippen LogP contribution in [0.25, 0.3) is 22.4 Å². The molecule has 2 aromatic heterocycles. The van der Waals surface area contributed by atoms with E-state index in [0.717, 1.165) is 11.1 Å². The number of hydrogen-bond acceptors (Lipinski definition) is 6. The first-order valence-electron chi connectivity index (χ1n) is 7.98. The van der Waals surface area contributed by atoms with Gasteiger partial charge in [0.25, 0.3) is 5.56 Å². The van der Waals surface area contributed by atoms with Gasteiger partial charge in [-0.25, -0.2) is 0 Å². The maximum Gasteiger partial charge on any atom is 0.291 e. The van der Waals surface area contributed by atoms with Crippen LogP contribution in [-0.2, 0) is 0 Å². The molecule has 2 aromatic carbocycles. The van der Waals surface area contributed by atoms with Crippen LogP contribution in [-0.4, -0.2) is 28.8 Å². The lowest BCUT2D eigenvalue weighted by Crippen LogP contribution is -2.23. The molecule has 0 aliphatic rings. The molecule has 4 aromatic rings. The second-order valence-corrected chi connectivity index (χ2v) is 7.11. The molecular weight excluding hydrogens is 386 g/mol. The highest BCUT2D eigenvalue weighted by atomic mass is 35.5. The predicted molar refractivity (Wildman–Crippen MR) is 106 cm³/mol. The van der Waals surface area contributed by atoms with E-state index < -0.39 is 0 Å². The van der Waals surface area contributed by atoms with Crippen molar-refractivity contribution in [3.63, 3.8) is 0 Å². The Morgan fingerprint density at radius 1 is 1.11 bits per heavy atom. The zero-order valence-corrected chi connectivity index (χ0v) is 16.0. The molecule has 27 heavy (non-hydrogen) atoms. The Kier molecular flexibility index (Phi) is 4.55. The summed E-state index contributed by atoms with van der Waals surface area (Å²) in [4.78, 5) is 17.7. The third-order valence-corrected chi connectivity index (χ3v) is 5.22. The standard InChI is InChI=1S/C19H14ClN3O3S/c1-25-14-8-5-12(15(10-14)26-2)9-16-18(24)23-19(27-16)21-17(22-23)11-3-6-13(20)7-4-11/h3-10H,1-2H3/b16-9-. The lowest BCUT2D eigenvalue weighted by molar-refractivity contribution is 0.393. The van der Waals surface area contributed by atoms with Gasteiger partial charge in [-0.3, -0.25) is 4.79 Å². The Morgan fingerprint density at radius 2 is 1.89 bits per heavy atom. The summed E-state index contributed by atoms with van der Waals surface area (Å²) in [5.41, 5.74) is 1.36. The van der Waals surface area contributed by atoms with Crippen molar-refractivity contribution in [3.8, 4) is 22.9 Å². The van der Waals surface area contributed by atoms with Crippen LogP contribution in [0.1, 0.15) is 5.56 Å². The fourth-order valence-electron chi connectivity index (χ4n) is 2.63. The minimum Gasteiger partial charge on any atom is -0.497 e. The summed E-state index contributed by atoms with van der Waals surface area (Å²) in [6.45, 7) is 0. The molecule has 0 amide bonds. The van der Waals surface area contributed by atoms with Crippen LogP contribution in [0.3, 0.4) is 0 Å². The van der Waals surface area contributed by atoms with Gasteiger partial charge in [-0.05, 0) is 42.5 Å². The van der Waals surface area contributed by atoms with Gasteiger partial charge in [0.1, 0.15) is 11.5 Å². The molecule has 4 rings (SSSR count). The zero-order chi connectivity index (χ0) is 19.0. The van der Waals surface area contributed by atoms with Crippen molar-refractivity contribution in [2.24, 2.45) is 0 Å². The third kappa shape index (κ3) is 3.27. The summed E-state index contributed by atoms with van der Waals surface area (Å²) < 4.78 is 12.4. The lowest BCUT2D eigenvalue weighted by atomic mass is 10.2. The maximum atomic E-state index is 12.7. The van der Waals surface area contributed by atoms with Crippen molar-refractivity contribution in [1.29, 1.82) is 0 Å². The van der Waals surface area contributed by atoms with E-state index in [2.05, 4.69) is 10.1 Å². The van der Waals surface area contributed by atoms with Gasteiger partial charge in [0.2, 0.25) is 4.96 Å². The van der Waals surface area contributed by atoms with Gasteiger partial charge in [-0.1, -0.05) is 22.9 Å². The van der Waals surface area contributed by atoms with Crippen molar-refractivity contribution < 1.29 is 9.47 Å². The van der Waals surface area contributed by atoms with Gasteiger partial charge >= 0.3 is 0 Å². The second kappa shape index (κ2) is 7.02. The highest BCUT2D eigenvalue weighted by Gasteiger charge is 2.12. The predicted octanol–water partition coefficient (Wildman–Crippen LogP) is 3.04. The molecule has 6 nitrogen and oxygen atoms in total. The van der Waals surface area contributed by atoms with Crippen LogP contribution >= 0.6 is 22.9 Å². The molecule has 0 spiro atoms. The second-order valence-electron chi connectivity index (χ2n) is 5.66.